The van der Waals surface area contributed by atoms with E-state index >= 15 is 0 Å². The number of aromatic nitrogens is 1. The normalized spacial score (nSPS) is 10.4. The van der Waals surface area contributed by atoms with Crippen LogP contribution in [0.4, 0.5) is 0 Å². The Balaban J connectivity index is 2.40. The van der Waals surface area contributed by atoms with Gasteiger partial charge in [0.25, 0.3) is 0 Å². The number of nitrogens with zero attached hydrogens (tertiary/aromatic N) is 1. The van der Waals surface area contributed by atoms with Gasteiger partial charge in [0.15, 0.2) is 0 Å². The quantitative estimate of drug-likeness (QED) is 0.900. The van der Waals surface area contributed by atoms with Gasteiger partial charge >= 0.3 is 0 Å². The zero-order valence-corrected chi connectivity index (χ0v) is 11.3. The lowest BCUT2D eigenvalue weighted by molar-refractivity contribution is 0.404. The highest BCUT2D eigenvalue weighted by Crippen LogP contribution is 2.35. The maximum Gasteiger partial charge on any atom is 0.129 e. The van der Waals surface area contributed by atoms with Gasteiger partial charge in [-0.05, 0) is 24.7 Å². The number of methoxy groups -OCH3 is 2. The summed E-state index contributed by atoms with van der Waals surface area (Å²) in [5, 5.41) is 2.95. The summed E-state index contributed by atoms with van der Waals surface area (Å²) in [5.74, 6) is 1.59. The topological polar surface area (TPSA) is 57.4 Å². The third-order valence-corrected chi connectivity index (χ3v) is 3.51. The van der Waals surface area contributed by atoms with Crippen molar-refractivity contribution in [3.63, 3.8) is 0 Å². The molecule has 0 bridgehead atoms. The molecule has 0 aliphatic rings. The minimum absolute atomic E-state index is 0.610. The molecule has 2 aromatic rings. The maximum absolute atomic E-state index is 5.53. The van der Waals surface area contributed by atoms with Crippen molar-refractivity contribution in [2.45, 2.75) is 6.42 Å². The average molecular weight is 264 g/mol. The first kappa shape index (κ1) is 12.9. The summed E-state index contributed by atoms with van der Waals surface area (Å²) in [6, 6.07) is 5.69. The Morgan fingerprint density at radius 3 is 2.78 bits per heavy atom. The molecule has 0 aliphatic heterocycles. The largest absolute Gasteiger partial charge is 0.497 e. The molecule has 0 spiro atoms. The molecule has 18 heavy (non-hydrogen) atoms. The maximum atomic E-state index is 5.53. The monoisotopic (exact) mass is 264 g/mol. The standard InChI is InChI=1S/C13H16N2O2S/c1-16-10-3-4-12(17-2)11(7-10)13-15-9(5-6-14)8-18-13/h3-4,7-8H,5-6,14H2,1-2H3. The number of hydrogen-bond donors (Lipinski definition) is 1. The molecule has 0 atom stereocenters. The van der Waals surface area contributed by atoms with Crippen LogP contribution in [0.1, 0.15) is 5.69 Å². The highest BCUT2D eigenvalue weighted by Gasteiger charge is 2.11. The number of nitrogens with two attached hydrogens (primary N) is 1. The van der Waals surface area contributed by atoms with E-state index in [1.807, 2.05) is 23.6 Å². The van der Waals surface area contributed by atoms with E-state index in [0.717, 1.165) is 34.2 Å². The summed E-state index contributed by atoms with van der Waals surface area (Å²) in [6.45, 7) is 0.610. The predicted octanol–water partition coefficient (Wildman–Crippen LogP) is 2.33. The number of ether oxygens (including phenoxy) is 2. The van der Waals surface area contributed by atoms with E-state index in [1.165, 1.54) is 0 Å². The van der Waals surface area contributed by atoms with Gasteiger partial charge in [-0.2, -0.15) is 0 Å². The Morgan fingerprint density at radius 1 is 1.28 bits per heavy atom. The van der Waals surface area contributed by atoms with E-state index < -0.39 is 0 Å². The van der Waals surface area contributed by atoms with Crippen molar-refractivity contribution < 1.29 is 9.47 Å². The van der Waals surface area contributed by atoms with Crippen LogP contribution in [0.5, 0.6) is 11.5 Å². The van der Waals surface area contributed by atoms with Crippen LogP contribution < -0.4 is 15.2 Å². The summed E-state index contributed by atoms with van der Waals surface area (Å²) in [7, 11) is 3.30. The molecule has 1 aromatic heterocycles. The molecule has 0 unspecified atom stereocenters. The van der Waals surface area contributed by atoms with Crippen LogP contribution in [0.3, 0.4) is 0 Å². The van der Waals surface area contributed by atoms with Gasteiger partial charge in [0.05, 0.1) is 25.5 Å². The number of rotatable bonds is 5. The molecule has 0 aliphatic carbocycles. The summed E-state index contributed by atoms with van der Waals surface area (Å²) in [5.41, 5.74) is 7.50. The second-order valence-corrected chi connectivity index (χ2v) is 4.61. The summed E-state index contributed by atoms with van der Waals surface area (Å²) in [4.78, 5) is 4.56. The lowest BCUT2D eigenvalue weighted by Gasteiger charge is -2.08. The molecule has 1 heterocycles. The highest BCUT2D eigenvalue weighted by atomic mass is 32.1. The van der Waals surface area contributed by atoms with Crippen molar-refractivity contribution in [1.82, 2.24) is 4.98 Å². The lowest BCUT2D eigenvalue weighted by atomic mass is 10.2. The molecule has 5 heteroatoms. The third kappa shape index (κ3) is 2.63. The van der Waals surface area contributed by atoms with Crippen LogP contribution in [-0.2, 0) is 6.42 Å². The zero-order valence-electron chi connectivity index (χ0n) is 10.5. The molecule has 4 nitrogen and oxygen atoms in total. The first-order chi connectivity index (χ1) is 8.78. The fraction of sp³-hybridized carbons (Fsp3) is 0.308. The number of hydrogen-bond acceptors (Lipinski definition) is 5. The summed E-state index contributed by atoms with van der Waals surface area (Å²) < 4.78 is 10.6. The van der Waals surface area contributed by atoms with Crippen LogP contribution in [0.25, 0.3) is 10.6 Å². The van der Waals surface area contributed by atoms with Gasteiger partial charge in [0.1, 0.15) is 16.5 Å². The molecule has 0 fully saturated rings. The smallest absolute Gasteiger partial charge is 0.129 e. The van der Waals surface area contributed by atoms with Crippen molar-refractivity contribution in [3.05, 3.63) is 29.3 Å². The predicted molar refractivity (Wildman–Crippen MR) is 73.4 cm³/mol. The second-order valence-electron chi connectivity index (χ2n) is 3.75. The van der Waals surface area contributed by atoms with Gasteiger partial charge in [-0.15, -0.1) is 11.3 Å². The minimum Gasteiger partial charge on any atom is -0.497 e. The van der Waals surface area contributed by atoms with Gasteiger partial charge in [0.2, 0.25) is 0 Å². The van der Waals surface area contributed by atoms with E-state index in [2.05, 4.69) is 4.98 Å². The summed E-state index contributed by atoms with van der Waals surface area (Å²) >= 11 is 1.59. The third-order valence-electron chi connectivity index (χ3n) is 2.59. The Labute approximate surface area is 110 Å². The molecule has 0 saturated carbocycles. The molecule has 1 aromatic carbocycles. The second kappa shape index (κ2) is 5.84. The Bertz CT molecular complexity index is 525. The molecule has 0 amide bonds. The van der Waals surface area contributed by atoms with Crippen molar-refractivity contribution in [2.75, 3.05) is 20.8 Å². The van der Waals surface area contributed by atoms with E-state index in [4.69, 9.17) is 15.2 Å². The first-order valence-corrected chi connectivity index (χ1v) is 6.53. The number of thiazole rings is 1. The SMILES string of the molecule is COc1ccc(OC)c(-c2nc(CCN)cs2)c1. The molecule has 96 valence electrons. The van der Waals surface area contributed by atoms with Crippen molar-refractivity contribution >= 4 is 11.3 Å². The van der Waals surface area contributed by atoms with Crippen LogP contribution >= 0.6 is 11.3 Å². The van der Waals surface area contributed by atoms with Crippen molar-refractivity contribution in [3.8, 4) is 22.1 Å². The molecular formula is C13H16N2O2S. The molecule has 2 N–H and O–H groups in total. The van der Waals surface area contributed by atoms with Crippen LogP contribution in [0.2, 0.25) is 0 Å². The molecule has 0 saturated heterocycles. The van der Waals surface area contributed by atoms with Gasteiger partial charge in [-0.3, -0.25) is 0 Å². The van der Waals surface area contributed by atoms with Crippen LogP contribution in [0, 0.1) is 0 Å². The van der Waals surface area contributed by atoms with Crippen molar-refractivity contribution in [2.24, 2.45) is 5.73 Å². The van der Waals surface area contributed by atoms with E-state index in [0.29, 0.717) is 6.54 Å². The first-order valence-electron chi connectivity index (χ1n) is 5.65. The zero-order chi connectivity index (χ0) is 13.0. The fourth-order valence-electron chi connectivity index (χ4n) is 1.67. The summed E-state index contributed by atoms with van der Waals surface area (Å²) in [6.07, 6.45) is 0.794. The lowest BCUT2D eigenvalue weighted by Crippen LogP contribution is -2.02. The van der Waals surface area contributed by atoms with Crippen LogP contribution in [-0.4, -0.2) is 25.7 Å². The molecular weight excluding hydrogens is 248 g/mol. The minimum atomic E-state index is 0.610. The van der Waals surface area contributed by atoms with Gasteiger partial charge in [-0.25, -0.2) is 4.98 Å². The average Bonchev–Trinajstić information content (AvgIpc) is 2.87. The molecule has 2 rings (SSSR count). The highest BCUT2D eigenvalue weighted by molar-refractivity contribution is 7.13. The van der Waals surface area contributed by atoms with Gasteiger partial charge in [0, 0.05) is 11.8 Å². The fourth-order valence-corrected chi connectivity index (χ4v) is 2.55. The van der Waals surface area contributed by atoms with Crippen molar-refractivity contribution in [1.29, 1.82) is 0 Å². The Hall–Kier alpha value is -1.59. The van der Waals surface area contributed by atoms with Gasteiger partial charge < -0.3 is 15.2 Å². The molecule has 0 radical (unpaired) electrons. The van der Waals surface area contributed by atoms with Crippen LogP contribution in [0.15, 0.2) is 23.6 Å². The Kier molecular flexibility index (Phi) is 4.17. The van der Waals surface area contributed by atoms with E-state index in [1.54, 1.807) is 25.6 Å². The van der Waals surface area contributed by atoms with E-state index in [9.17, 15) is 0 Å². The van der Waals surface area contributed by atoms with E-state index in [-0.39, 0.29) is 0 Å². The number of benzene rings is 1. The van der Waals surface area contributed by atoms with Gasteiger partial charge in [-0.1, -0.05) is 0 Å². The Morgan fingerprint density at radius 2 is 2.11 bits per heavy atom.